The normalized spacial score (nSPS) is 18.6. The van der Waals surface area contributed by atoms with Crippen molar-refractivity contribution in [1.82, 2.24) is 25.0 Å². The predicted molar refractivity (Wildman–Crippen MR) is 106 cm³/mol. The van der Waals surface area contributed by atoms with Crippen molar-refractivity contribution in [3.05, 3.63) is 35.3 Å². The summed E-state index contributed by atoms with van der Waals surface area (Å²) >= 11 is 0. The lowest BCUT2D eigenvalue weighted by Gasteiger charge is -2.20. The smallest absolute Gasteiger partial charge is 0.223 e. The SMILES string of the molecule is Cc1ccc(CN2CCc3nnc(CCNC(=O)C4CCCCC4)n3CC2)o1. The second-order valence-corrected chi connectivity index (χ2v) is 8.10. The van der Waals surface area contributed by atoms with Crippen molar-refractivity contribution in [3.8, 4) is 0 Å². The standard InChI is InChI=1S/C21H31N5O2/c1-16-7-8-18(28-16)15-25-12-10-20-24-23-19(26(20)14-13-25)9-11-22-21(27)17-5-3-2-4-6-17/h7-8,17H,2-6,9-15H2,1H3,(H,22,27). The number of aryl methyl sites for hydroxylation is 1. The van der Waals surface area contributed by atoms with Gasteiger partial charge in [0.25, 0.3) is 0 Å². The molecule has 3 heterocycles. The Labute approximate surface area is 166 Å². The van der Waals surface area contributed by atoms with Gasteiger partial charge in [0.05, 0.1) is 6.54 Å². The Kier molecular flexibility index (Phi) is 6.10. The summed E-state index contributed by atoms with van der Waals surface area (Å²) in [4.78, 5) is 14.7. The number of fused-ring (bicyclic) bond motifs is 1. The van der Waals surface area contributed by atoms with Gasteiger partial charge in [-0.2, -0.15) is 0 Å². The molecule has 0 spiro atoms. The molecule has 0 unspecified atom stereocenters. The number of nitrogens with one attached hydrogen (secondary N) is 1. The Balaban J connectivity index is 1.28. The molecule has 28 heavy (non-hydrogen) atoms. The minimum atomic E-state index is 0.211. The number of furan rings is 1. The van der Waals surface area contributed by atoms with E-state index in [9.17, 15) is 4.79 Å². The van der Waals surface area contributed by atoms with Crippen molar-refractivity contribution in [2.24, 2.45) is 5.92 Å². The number of carbonyl (C=O) groups is 1. The van der Waals surface area contributed by atoms with E-state index in [-0.39, 0.29) is 11.8 Å². The first-order chi connectivity index (χ1) is 13.7. The van der Waals surface area contributed by atoms with Crippen molar-refractivity contribution < 1.29 is 9.21 Å². The Bertz CT molecular complexity index is 791. The number of amides is 1. The van der Waals surface area contributed by atoms with E-state index in [1.54, 1.807) is 0 Å². The van der Waals surface area contributed by atoms with E-state index in [2.05, 4.69) is 31.0 Å². The summed E-state index contributed by atoms with van der Waals surface area (Å²) in [5.74, 6) is 4.43. The lowest BCUT2D eigenvalue weighted by atomic mass is 9.89. The molecule has 0 radical (unpaired) electrons. The lowest BCUT2D eigenvalue weighted by Crippen LogP contribution is -2.33. The summed E-state index contributed by atoms with van der Waals surface area (Å²) in [6, 6.07) is 4.07. The average molecular weight is 386 g/mol. The number of hydrogen-bond acceptors (Lipinski definition) is 5. The van der Waals surface area contributed by atoms with Crippen LogP contribution in [0.5, 0.6) is 0 Å². The highest BCUT2D eigenvalue weighted by molar-refractivity contribution is 5.78. The highest BCUT2D eigenvalue weighted by atomic mass is 16.3. The molecule has 2 aliphatic rings. The van der Waals surface area contributed by atoms with Gasteiger partial charge in [0, 0.05) is 44.9 Å². The highest BCUT2D eigenvalue weighted by Crippen LogP contribution is 2.23. The maximum Gasteiger partial charge on any atom is 0.223 e. The van der Waals surface area contributed by atoms with E-state index < -0.39 is 0 Å². The van der Waals surface area contributed by atoms with Gasteiger partial charge in [-0.1, -0.05) is 19.3 Å². The fraction of sp³-hybridized carbons (Fsp3) is 0.667. The van der Waals surface area contributed by atoms with E-state index in [0.29, 0.717) is 6.54 Å². The molecule has 1 amide bonds. The van der Waals surface area contributed by atoms with Crippen LogP contribution in [0.2, 0.25) is 0 Å². The molecule has 2 aromatic heterocycles. The van der Waals surface area contributed by atoms with Gasteiger partial charge >= 0.3 is 0 Å². The molecule has 1 N–H and O–H groups in total. The molecule has 0 aromatic carbocycles. The Hall–Kier alpha value is -2.15. The minimum absolute atomic E-state index is 0.211. The van der Waals surface area contributed by atoms with Crippen LogP contribution in [0.25, 0.3) is 0 Å². The van der Waals surface area contributed by atoms with E-state index in [1.165, 1.54) is 19.3 Å². The van der Waals surface area contributed by atoms with Crippen LogP contribution in [0.4, 0.5) is 0 Å². The zero-order chi connectivity index (χ0) is 19.3. The Morgan fingerprint density at radius 2 is 2.04 bits per heavy atom. The van der Waals surface area contributed by atoms with Gasteiger partial charge in [-0.3, -0.25) is 9.69 Å². The summed E-state index contributed by atoms with van der Waals surface area (Å²) < 4.78 is 7.95. The number of carbonyl (C=O) groups excluding carboxylic acids is 1. The average Bonchev–Trinajstić information content (AvgIpc) is 3.24. The van der Waals surface area contributed by atoms with Gasteiger partial charge in [0.2, 0.25) is 5.91 Å². The fourth-order valence-corrected chi connectivity index (χ4v) is 4.37. The monoisotopic (exact) mass is 385 g/mol. The first-order valence-electron chi connectivity index (χ1n) is 10.7. The maximum absolute atomic E-state index is 12.3. The van der Waals surface area contributed by atoms with Crippen molar-refractivity contribution in [2.75, 3.05) is 19.6 Å². The number of hydrogen-bond donors (Lipinski definition) is 1. The van der Waals surface area contributed by atoms with Crippen LogP contribution in [0, 0.1) is 12.8 Å². The molecule has 0 saturated heterocycles. The van der Waals surface area contributed by atoms with Gasteiger partial charge in [-0.25, -0.2) is 0 Å². The fourth-order valence-electron chi connectivity index (χ4n) is 4.37. The number of aromatic nitrogens is 3. The summed E-state index contributed by atoms with van der Waals surface area (Å²) in [7, 11) is 0. The van der Waals surface area contributed by atoms with Crippen LogP contribution in [0.3, 0.4) is 0 Å². The van der Waals surface area contributed by atoms with E-state index in [1.807, 2.05) is 13.0 Å². The molecule has 1 saturated carbocycles. The van der Waals surface area contributed by atoms with Gasteiger partial charge in [0.1, 0.15) is 23.2 Å². The number of nitrogens with zero attached hydrogens (tertiary/aromatic N) is 4. The Morgan fingerprint density at radius 3 is 2.82 bits per heavy atom. The van der Waals surface area contributed by atoms with E-state index >= 15 is 0 Å². The van der Waals surface area contributed by atoms with Crippen LogP contribution < -0.4 is 5.32 Å². The molecule has 0 atom stereocenters. The molecule has 152 valence electrons. The van der Waals surface area contributed by atoms with Crippen molar-refractivity contribution >= 4 is 5.91 Å². The summed E-state index contributed by atoms with van der Waals surface area (Å²) in [5, 5.41) is 11.9. The summed E-state index contributed by atoms with van der Waals surface area (Å²) in [6.07, 6.45) is 7.35. The quantitative estimate of drug-likeness (QED) is 0.827. The zero-order valence-corrected chi connectivity index (χ0v) is 16.8. The van der Waals surface area contributed by atoms with Gasteiger partial charge < -0.3 is 14.3 Å². The third-order valence-corrected chi connectivity index (χ3v) is 5.99. The predicted octanol–water partition coefficient (Wildman–Crippen LogP) is 2.48. The number of rotatable bonds is 6. The third-order valence-electron chi connectivity index (χ3n) is 5.99. The van der Waals surface area contributed by atoms with Crippen LogP contribution in [-0.2, 0) is 30.7 Å². The van der Waals surface area contributed by atoms with E-state index in [4.69, 9.17) is 4.42 Å². The molecular weight excluding hydrogens is 354 g/mol. The van der Waals surface area contributed by atoms with Crippen LogP contribution in [-0.4, -0.2) is 45.2 Å². The first kappa shape index (κ1) is 19.2. The zero-order valence-electron chi connectivity index (χ0n) is 16.8. The van der Waals surface area contributed by atoms with Crippen molar-refractivity contribution in [3.63, 3.8) is 0 Å². The molecule has 7 heteroatoms. The second-order valence-electron chi connectivity index (χ2n) is 8.10. The van der Waals surface area contributed by atoms with E-state index in [0.717, 1.165) is 75.0 Å². The lowest BCUT2D eigenvalue weighted by molar-refractivity contribution is -0.125. The van der Waals surface area contributed by atoms with Crippen LogP contribution in [0.1, 0.15) is 55.3 Å². The maximum atomic E-state index is 12.3. The second kappa shape index (κ2) is 8.90. The third kappa shape index (κ3) is 4.63. The Morgan fingerprint density at radius 1 is 1.18 bits per heavy atom. The minimum Gasteiger partial charge on any atom is -0.465 e. The van der Waals surface area contributed by atoms with Crippen molar-refractivity contribution in [2.45, 2.75) is 65.0 Å². The van der Waals surface area contributed by atoms with Crippen LogP contribution in [0.15, 0.2) is 16.5 Å². The summed E-state index contributed by atoms with van der Waals surface area (Å²) in [5.41, 5.74) is 0. The van der Waals surface area contributed by atoms with Gasteiger partial charge in [0.15, 0.2) is 0 Å². The molecule has 1 aliphatic carbocycles. The molecule has 4 rings (SSSR count). The first-order valence-corrected chi connectivity index (χ1v) is 10.7. The molecule has 1 aliphatic heterocycles. The topological polar surface area (TPSA) is 76.2 Å². The molecular formula is C21H31N5O2. The molecule has 1 fully saturated rings. The van der Waals surface area contributed by atoms with Gasteiger partial charge in [-0.15, -0.1) is 10.2 Å². The molecule has 0 bridgehead atoms. The highest BCUT2D eigenvalue weighted by Gasteiger charge is 2.22. The largest absolute Gasteiger partial charge is 0.465 e. The van der Waals surface area contributed by atoms with Crippen LogP contribution >= 0.6 is 0 Å². The van der Waals surface area contributed by atoms with Crippen molar-refractivity contribution in [1.29, 1.82) is 0 Å². The molecule has 7 nitrogen and oxygen atoms in total. The summed E-state index contributed by atoms with van der Waals surface area (Å²) in [6.45, 7) is 6.24. The van der Waals surface area contributed by atoms with Gasteiger partial charge in [-0.05, 0) is 31.9 Å². The molecule has 2 aromatic rings.